The summed E-state index contributed by atoms with van der Waals surface area (Å²) in [6.07, 6.45) is 0.567. The highest BCUT2D eigenvalue weighted by Crippen LogP contribution is 2.31. The Bertz CT molecular complexity index is 1880. The van der Waals surface area contributed by atoms with Crippen molar-refractivity contribution in [1.29, 1.82) is 0 Å². The number of hydrogen-bond acceptors (Lipinski definition) is 7. The minimum absolute atomic E-state index is 0.00184. The molecule has 0 radical (unpaired) electrons. The molecule has 1 fully saturated rings. The Morgan fingerprint density at radius 1 is 0.704 bits per heavy atom. The standard InChI is InChI=1S/C53H89F3N8O6S/c1-32(2)20-44(16-18-47(66)25-40(34(5)6)28-59-50(68)62-37(10)15-17-46(65)26-42(38(11)33(3)4)30-58-49(67)57-12)63-51(69)60-31-45-14-13-19-64(45)52(70)61-29-41(35(7)8)27-48(71)24-39-21-36(9)22-43(23-39)53(54,55)56/h21-23,32-35,37-38,40-42,44-45H,13-20,24-31H2,1-12H3,(H,61,70)(H2,57,58,67)(H2,59,62,68)(H2,60,63,69)/t37-,38?,40+,41-,42+,44+,45?/m1/s1. The van der Waals surface area contributed by atoms with Crippen LogP contribution >= 0.6 is 12.2 Å². The molecule has 8 amide bonds. The molecule has 2 unspecified atom stereocenters. The number of hydrogen-bond donors (Lipinski definition) is 7. The predicted molar refractivity (Wildman–Crippen MR) is 280 cm³/mol. The molecule has 0 spiro atoms. The van der Waals surface area contributed by atoms with Crippen molar-refractivity contribution in [2.75, 3.05) is 39.8 Å². The van der Waals surface area contributed by atoms with Crippen molar-refractivity contribution in [2.45, 2.75) is 171 Å². The van der Waals surface area contributed by atoms with E-state index in [4.69, 9.17) is 12.2 Å². The number of nitrogens with one attached hydrogen (secondary N) is 7. The largest absolute Gasteiger partial charge is 0.416 e. The monoisotopic (exact) mass is 1020 g/mol. The van der Waals surface area contributed by atoms with E-state index in [1.165, 1.54) is 0 Å². The Morgan fingerprint density at radius 3 is 1.86 bits per heavy atom. The van der Waals surface area contributed by atoms with Gasteiger partial charge in [0.25, 0.3) is 0 Å². The van der Waals surface area contributed by atoms with Crippen LogP contribution in [0, 0.1) is 54.3 Å². The van der Waals surface area contributed by atoms with Gasteiger partial charge in [-0.25, -0.2) is 19.2 Å². The second kappa shape index (κ2) is 31.2. The van der Waals surface area contributed by atoms with Crippen LogP contribution in [0.15, 0.2) is 18.2 Å². The lowest BCUT2D eigenvalue weighted by molar-refractivity contribution is -0.137. The molecule has 1 heterocycles. The van der Waals surface area contributed by atoms with Crippen LogP contribution in [0.1, 0.15) is 150 Å². The van der Waals surface area contributed by atoms with E-state index in [-0.39, 0.29) is 121 Å². The minimum atomic E-state index is -4.44. The van der Waals surface area contributed by atoms with Gasteiger partial charge in [0.05, 0.1) is 11.6 Å². The minimum Gasteiger partial charge on any atom is -0.341 e. The molecule has 1 aliphatic rings. The van der Waals surface area contributed by atoms with Crippen molar-refractivity contribution >= 4 is 52.8 Å². The topological polar surface area (TPSA) is 190 Å². The normalized spacial score (nSPS) is 16.5. The van der Waals surface area contributed by atoms with E-state index in [1.54, 1.807) is 24.9 Å². The average molecular weight is 1020 g/mol. The molecule has 7 atom stereocenters. The number of amides is 8. The number of carbonyl (C=O) groups excluding carboxylic acids is 6. The Kier molecular flexibility index (Phi) is 27.5. The lowest BCUT2D eigenvalue weighted by atomic mass is 9.81. The van der Waals surface area contributed by atoms with Crippen molar-refractivity contribution in [2.24, 2.45) is 47.3 Å². The number of thiocarbonyl (C=S) groups is 1. The maximum Gasteiger partial charge on any atom is 0.416 e. The molecular formula is C53H89F3N8O6S. The van der Waals surface area contributed by atoms with Crippen molar-refractivity contribution in [3.63, 3.8) is 0 Å². The second-order valence-electron chi connectivity index (χ2n) is 21.6. The maximum atomic E-state index is 13.5. The summed E-state index contributed by atoms with van der Waals surface area (Å²) in [6, 6.07) is 2.03. The zero-order valence-electron chi connectivity index (χ0n) is 44.8. The summed E-state index contributed by atoms with van der Waals surface area (Å²) in [6.45, 7) is 23.8. The van der Waals surface area contributed by atoms with Crippen LogP contribution in [0.3, 0.4) is 0 Å². The number of benzene rings is 1. The first kappa shape index (κ1) is 62.6. The molecule has 71 heavy (non-hydrogen) atoms. The van der Waals surface area contributed by atoms with Crippen molar-refractivity contribution in [3.05, 3.63) is 34.9 Å². The zero-order valence-corrected chi connectivity index (χ0v) is 45.7. The first-order valence-corrected chi connectivity index (χ1v) is 26.4. The van der Waals surface area contributed by atoms with Crippen LogP contribution in [-0.4, -0.2) is 103 Å². The number of carbonyl (C=O) groups is 6. The van der Waals surface area contributed by atoms with Crippen LogP contribution in [0.5, 0.6) is 0 Å². The molecular weight excluding hydrogens is 934 g/mol. The fourth-order valence-electron chi connectivity index (χ4n) is 9.08. The fraction of sp³-hybridized carbons (Fsp3) is 0.755. The van der Waals surface area contributed by atoms with Gasteiger partial charge in [0.2, 0.25) is 0 Å². The molecule has 1 aliphatic heterocycles. The summed E-state index contributed by atoms with van der Waals surface area (Å²) in [7, 11) is 1.55. The van der Waals surface area contributed by atoms with E-state index in [1.807, 2.05) is 34.6 Å². The number of nitrogens with zero attached hydrogens (tertiary/aromatic N) is 1. The van der Waals surface area contributed by atoms with Gasteiger partial charge in [-0.3, -0.25) is 9.59 Å². The number of Topliss-reactive ketones (excluding diaryl/α,β-unsaturated/α-hetero) is 2. The Labute approximate surface area is 428 Å². The summed E-state index contributed by atoms with van der Waals surface area (Å²) in [4.78, 5) is 80.1. The molecule has 404 valence electrons. The first-order chi connectivity index (χ1) is 33.2. The van der Waals surface area contributed by atoms with E-state index >= 15 is 0 Å². The van der Waals surface area contributed by atoms with E-state index < -0.39 is 11.7 Å². The molecule has 0 saturated carbocycles. The number of aryl methyl sites for hydroxylation is 1. The lowest BCUT2D eigenvalue weighted by Gasteiger charge is -2.28. The number of alkyl halides is 3. The molecule has 7 N–H and O–H groups in total. The third-order valence-electron chi connectivity index (χ3n) is 14.0. The summed E-state index contributed by atoms with van der Waals surface area (Å²) in [5.41, 5.74) is 0.341. The highest BCUT2D eigenvalue weighted by Gasteiger charge is 2.32. The number of halogens is 3. The van der Waals surface area contributed by atoms with Gasteiger partial charge in [0.15, 0.2) is 0 Å². The lowest BCUT2D eigenvalue weighted by Crippen LogP contribution is -2.51. The molecule has 14 nitrogen and oxygen atoms in total. The van der Waals surface area contributed by atoms with E-state index in [0.717, 1.165) is 25.0 Å². The van der Waals surface area contributed by atoms with Gasteiger partial charge in [-0.15, -0.1) is 0 Å². The molecule has 18 heteroatoms. The molecule has 0 aliphatic carbocycles. The van der Waals surface area contributed by atoms with Gasteiger partial charge in [-0.1, -0.05) is 86.2 Å². The summed E-state index contributed by atoms with van der Waals surface area (Å²) < 4.78 is 40.3. The number of urea groups is 4. The quantitative estimate of drug-likeness (QED) is 0.0374. The van der Waals surface area contributed by atoms with Gasteiger partial charge in [0, 0.05) is 84.0 Å². The molecule has 2 rings (SSSR count). The van der Waals surface area contributed by atoms with Crippen molar-refractivity contribution < 1.29 is 41.9 Å². The molecule has 0 bridgehead atoms. The predicted octanol–water partition coefficient (Wildman–Crippen LogP) is 9.75. The first-order valence-electron chi connectivity index (χ1n) is 26.0. The average Bonchev–Trinajstić information content (AvgIpc) is 3.75. The van der Waals surface area contributed by atoms with Gasteiger partial charge in [-0.2, -0.15) is 13.2 Å². The van der Waals surface area contributed by atoms with Crippen molar-refractivity contribution in [3.8, 4) is 0 Å². The van der Waals surface area contributed by atoms with E-state index in [9.17, 15) is 41.9 Å². The molecule has 1 saturated heterocycles. The SMILES string of the molecule is CNC(=O)NC[C@H](CC(=O)CC[C@@H](C)NC(=O)NC[C@H](CC(=O)CC[C@@H](CC(C)C)NC(=O)NCC1CCCN1C(=O)NC[C@@H](CC(=S)Cc1cc(C)cc(C(F)(F)F)c1)C(C)C)C(C)C)C(C)C(C)C. The van der Waals surface area contributed by atoms with Gasteiger partial charge >= 0.3 is 30.3 Å². The molecule has 1 aromatic rings. The van der Waals surface area contributed by atoms with E-state index in [2.05, 4.69) is 71.8 Å². The Balaban J connectivity index is 1.84. The maximum absolute atomic E-state index is 13.5. The van der Waals surface area contributed by atoms with Crippen molar-refractivity contribution in [1.82, 2.24) is 42.1 Å². The summed E-state index contributed by atoms with van der Waals surface area (Å²) in [5, 5.41) is 20.3. The van der Waals surface area contributed by atoms with Crippen LogP contribution in [-0.2, 0) is 22.2 Å². The Morgan fingerprint density at radius 2 is 1.27 bits per heavy atom. The smallest absolute Gasteiger partial charge is 0.341 e. The number of likely N-dealkylation sites (tertiary alicyclic amines) is 1. The third-order valence-corrected chi connectivity index (χ3v) is 14.4. The molecule has 0 aromatic heterocycles. The highest BCUT2D eigenvalue weighted by atomic mass is 32.1. The second-order valence-corrected chi connectivity index (χ2v) is 22.2. The van der Waals surface area contributed by atoms with Crippen LogP contribution in [0.25, 0.3) is 0 Å². The van der Waals surface area contributed by atoms with Crippen LogP contribution < -0.4 is 37.2 Å². The summed E-state index contributed by atoms with van der Waals surface area (Å²) >= 11 is 5.65. The summed E-state index contributed by atoms with van der Waals surface area (Å²) in [5.74, 6) is 1.11. The number of rotatable bonds is 30. The number of ketones is 2. The third kappa shape index (κ3) is 24.7. The van der Waals surface area contributed by atoms with Gasteiger partial charge in [0.1, 0.15) is 11.6 Å². The highest BCUT2D eigenvalue weighted by molar-refractivity contribution is 7.80. The van der Waals surface area contributed by atoms with Gasteiger partial charge < -0.3 is 42.1 Å². The molecule has 1 aromatic carbocycles. The van der Waals surface area contributed by atoms with Gasteiger partial charge in [-0.05, 0) is 122 Å². The van der Waals surface area contributed by atoms with Crippen LogP contribution in [0.2, 0.25) is 0 Å². The zero-order chi connectivity index (χ0) is 53.6. The van der Waals surface area contributed by atoms with E-state index in [0.29, 0.717) is 86.6 Å². The van der Waals surface area contributed by atoms with Crippen LogP contribution in [0.4, 0.5) is 32.3 Å². The fourth-order valence-corrected chi connectivity index (χ4v) is 9.46. The Hall–Kier alpha value is -4.48.